The zero-order valence-electron chi connectivity index (χ0n) is 21.3. The van der Waals surface area contributed by atoms with Crippen LogP contribution in [-0.2, 0) is 4.79 Å². The number of ether oxygens (including phenoxy) is 1. The molecular weight excluding hydrogens is 529 g/mol. The number of rotatable bonds is 8. The van der Waals surface area contributed by atoms with Crippen LogP contribution in [0.4, 0.5) is 30.5 Å². The molecule has 2 heterocycles. The van der Waals surface area contributed by atoms with Crippen molar-refractivity contribution in [2.24, 2.45) is 10.2 Å². The van der Waals surface area contributed by atoms with E-state index >= 15 is 0 Å². The molecule has 0 aliphatic carbocycles. The van der Waals surface area contributed by atoms with Crippen LogP contribution >= 0.6 is 11.8 Å². The van der Waals surface area contributed by atoms with Gasteiger partial charge >= 0.3 is 6.36 Å². The van der Waals surface area contributed by atoms with Gasteiger partial charge in [-0.15, -0.1) is 18.3 Å². The summed E-state index contributed by atoms with van der Waals surface area (Å²) in [7, 11) is 1.70. The first-order valence-corrected chi connectivity index (χ1v) is 12.8. The molecule has 0 spiro atoms. The normalized spacial score (nSPS) is 15.3. The number of alkyl halides is 3. The third-order valence-corrected chi connectivity index (χ3v) is 6.48. The van der Waals surface area contributed by atoms with E-state index in [1.54, 1.807) is 41.4 Å². The van der Waals surface area contributed by atoms with Crippen LogP contribution < -0.4 is 14.5 Å². The van der Waals surface area contributed by atoms with Crippen molar-refractivity contribution in [1.29, 1.82) is 0 Å². The van der Waals surface area contributed by atoms with Gasteiger partial charge in [-0.05, 0) is 47.9 Å². The molecule has 1 aliphatic rings. The maximum atomic E-state index is 12.6. The summed E-state index contributed by atoms with van der Waals surface area (Å²) in [4.78, 5) is 24.4. The van der Waals surface area contributed by atoms with Gasteiger partial charge in [0.25, 0.3) is 0 Å². The summed E-state index contributed by atoms with van der Waals surface area (Å²) in [5.74, 6) is 0.574. The Balaban J connectivity index is 1.38. The molecule has 0 N–H and O–H groups in total. The number of hydrogen-bond acceptors (Lipinski definition) is 8. The van der Waals surface area contributed by atoms with Crippen molar-refractivity contribution in [3.05, 3.63) is 78.1 Å². The van der Waals surface area contributed by atoms with Crippen molar-refractivity contribution in [1.82, 2.24) is 9.97 Å². The molecule has 4 rings (SSSR count). The minimum absolute atomic E-state index is 0.0367. The highest BCUT2D eigenvalue weighted by Crippen LogP contribution is 2.33. The van der Waals surface area contributed by atoms with Gasteiger partial charge in [0.2, 0.25) is 11.9 Å². The van der Waals surface area contributed by atoms with Gasteiger partial charge in [-0.2, -0.15) is 5.10 Å². The lowest BCUT2D eigenvalue weighted by Crippen LogP contribution is -2.30. The first-order chi connectivity index (χ1) is 18.6. The molecule has 0 atom stereocenters. The van der Waals surface area contributed by atoms with Crippen LogP contribution in [0.25, 0.3) is 6.08 Å². The zero-order chi connectivity index (χ0) is 28.0. The van der Waals surface area contributed by atoms with E-state index in [4.69, 9.17) is 0 Å². The van der Waals surface area contributed by atoms with Gasteiger partial charge in [0.15, 0.2) is 5.17 Å². The third-order valence-electron chi connectivity index (χ3n) is 5.57. The minimum Gasteiger partial charge on any atom is -0.406 e. The Hall–Kier alpha value is -4.19. The second-order valence-corrected chi connectivity index (χ2v) is 9.60. The average molecular weight is 555 g/mol. The number of nitrogens with zero attached hydrogens (tertiary/aromatic N) is 6. The molecule has 1 amide bonds. The molecule has 8 nitrogen and oxygen atoms in total. The molecule has 0 bridgehead atoms. The Labute approximate surface area is 227 Å². The summed E-state index contributed by atoms with van der Waals surface area (Å²) in [6, 6.07) is 13.2. The second kappa shape index (κ2) is 12.1. The van der Waals surface area contributed by atoms with Crippen LogP contribution in [0, 0.1) is 0 Å². The van der Waals surface area contributed by atoms with Crippen LogP contribution in [0.3, 0.4) is 0 Å². The molecule has 202 valence electrons. The Morgan fingerprint density at radius 2 is 1.79 bits per heavy atom. The molecule has 39 heavy (non-hydrogen) atoms. The first-order valence-electron chi connectivity index (χ1n) is 11.9. The Bertz CT molecular complexity index is 1390. The lowest BCUT2D eigenvalue weighted by molar-refractivity contribution is -0.274. The Morgan fingerprint density at radius 3 is 2.46 bits per heavy atom. The molecular formula is C27H25F3N6O2S. The highest BCUT2D eigenvalue weighted by Gasteiger charge is 2.32. The number of aromatic nitrogens is 2. The molecule has 3 aromatic rings. The fourth-order valence-corrected chi connectivity index (χ4v) is 4.52. The lowest BCUT2D eigenvalue weighted by Gasteiger charge is -2.20. The van der Waals surface area contributed by atoms with E-state index in [1.807, 2.05) is 24.3 Å². The molecule has 1 fully saturated rings. The Morgan fingerprint density at radius 1 is 1.10 bits per heavy atom. The van der Waals surface area contributed by atoms with Crippen molar-refractivity contribution in [2.45, 2.75) is 26.1 Å². The number of hydrogen-bond donors (Lipinski definition) is 0. The van der Waals surface area contributed by atoms with Crippen LogP contribution in [0.15, 0.2) is 77.2 Å². The summed E-state index contributed by atoms with van der Waals surface area (Å²) < 4.78 is 40.9. The third kappa shape index (κ3) is 7.23. The average Bonchev–Trinajstić information content (AvgIpc) is 3.27. The number of amidine groups is 1. The number of allylic oxidation sites excluding steroid dienone is 1. The number of para-hydroxylation sites is 1. The van der Waals surface area contributed by atoms with Gasteiger partial charge < -0.3 is 9.64 Å². The smallest absolute Gasteiger partial charge is 0.406 e. The summed E-state index contributed by atoms with van der Waals surface area (Å²) in [5.41, 5.74) is 3.18. The van der Waals surface area contributed by atoms with Crippen molar-refractivity contribution >= 4 is 52.5 Å². The van der Waals surface area contributed by atoms with E-state index in [0.29, 0.717) is 28.1 Å². The van der Waals surface area contributed by atoms with Crippen molar-refractivity contribution in [3.8, 4) is 5.75 Å². The number of anilines is 3. The molecule has 1 aromatic heterocycles. The fraction of sp³-hybridized carbons (Fsp3) is 0.222. The minimum atomic E-state index is -4.74. The molecule has 1 aliphatic heterocycles. The standard InChI is InChI=1S/C27H25F3N6O2S/c1-18(2)22-8-4-5-9-23(22)36-24(37)17-39-26(36)34-33-14-6-7-19-15-31-25(32-16-19)35(3)20-10-12-21(13-11-20)38-27(28,29)30/h4-16,18H,17H2,1-3H3/b7-6?,33-14?,34-26+. The van der Waals surface area contributed by atoms with E-state index in [1.165, 1.54) is 42.2 Å². The molecule has 2 aromatic carbocycles. The van der Waals surface area contributed by atoms with Gasteiger partial charge in [-0.1, -0.05) is 49.9 Å². The fourth-order valence-electron chi connectivity index (χ4n) is 3.71. The van der Waals surface area contributed by atoms with Crippen LogP contribution in [0.1, 0.15) is 30.9 Å². The highest BCUT2D eigenvalue weighted by molar-refractivity contribution is 8.15. The molecule has 0 unspecified atom stereocenters. The molecule has 0 radical (unpaired) electrons. The van der Waals surface area contributed by atoms with Gasteiger partial charge in [0.05, 0.1) is 11.4 Å². The second-order valence-electron chi connectivity index (χ2n) is 8.65. The summed E-state index contributed by atoms with van der Waals surface area (Å²) >= 11 is 1.34. The predicted octanol–water partition coefficient (Wildman–Crippen LogP) is 6.40. The van der Waals surface area contributed by atoms with Gasteiger partial charge in [-0.3, -0.25) is 9.69 Å². The Kier molecular flexibility index (Phi) is 8.65. The topological polar surface area (TPSA) is 83.3 Å². The van der Waals surface area contributed by atoms with E-state index in [2.05, 4.69) is 38.8 Å². The van der Waals surface area contributed by atoms with E-state index in [9.17, 15) is 18.0 Å². The van der Waals surface area contributed by atoms with Crippen molar-refractivity contribution < 1.29 is 22.7 Å². The van der Waals surface area contributed by atoms with Gasteiger partial charge in [0, 0.05) is 36.9 Å². The largest absolute Gasteiger partial charge is 0.573 e. The first kappa shape index (κ1) is 27.8. The van der Waals surface area contributed by atoms with Crippen LogP contribution in [0.2, 0.25) is 0 Å². The van der Waals surface area contributed by atoms with Crippen LogP contribution in [-0.4, -0.2) is 46.4 Å². The number of amides is 1. The van der Waals surface area contributed by atoms with Crippen LogP contribution in [0.5, 0.6) is 5.75 Å². The summed E-state index contributed by atoms with van der Waals surface area (Å²) in [6.45, 7) is 4.16. The summed E-state index contributed by atoms with van der Waals surface area (Å²) in [6.07, 6.45) is 3.40. The van der Waals surface area contributed by atoms with Crippen molar-refractivity contribution in [2.75, 3.05) is 22.6 Å². The highest BCUT2D eigenvalue weighted by atomic mass is 32.2. The van der Waals surface area contributed by atoms with Gasteiger partial charge in [0.1, 0.15) is 5.75 Å². The molecule has 0 saturated carbocycles. The zero-order valence-corrected chi connectivity index (χ0v) is 22.1. The number of carbonyl (C=O) groups is 1. The van der Waals surface area contributed by atoms with E-state index in [-0.39, 0.29) is 17.6 Å². The molecule has 12 heteroatoms. The number of benzene rings is 2. The lowest BCUT2D eigenvalue weighted by atomic mass is 10.0. The number of carbonyl (C=O) groups excluding carboxylic acids is 1. The maximum Gasteiger partial charge on any atom is 0.573 e. The number of halogens is 3. The quantitative estimate of drug-likeness (QED) is 0.237. The van der Waals surface area contributed by atoms with Crippen molar-refractivity contribution in [3.63, 3.8) is 0 Å². The van der Waals surface area contributed by atoms with E-state index < -0.39 is 6.36 Å². The predicted molar refractivity (Wildman–Crippen MR) is 149 cm³/mol. The van der Waals surface area contributed by atoms with Gasteiger partial charge in [-0.25, -0.2) is 9.97 Å². The SMILES string of the molecule is CC(C)c1ccccc1N1C(=O)CS/C1=N/N=CC=Cc1cnc(N(C)c2ccc(OC(F)(F)F)cc2)nc1. The molecule has 1 saturated heterocycles. The maximum absolute atomic E-state index is 12.6. The van der Waals surface area contributed by atoms with E-state index in [0.717, 1.165) is 11.3 Å². The monoisotopic (exact) mass is 554 g/mol. The number of thioether (sulfide) groups is 1. The summed E-state index contributed by atoms with van der Waals surface area (Å²) in [5, 5.41) is 8.87.